The maximum Gasteiger partial charge on any atom is 0.407 e. The van der Waals surface area contributed by atoms with Crippen molar-refractivity contribution >= 4 is 12.1 Å². The molecule has 0 bridgehead atoms. The summed E-state index contributed by atoms with van der Waals surface area (Å²) in [6.07, 6.45) is -0.541. The maximum atomic E-state index is 13.3. The molecule has 0 aliphatic heterocycles. The van der Waals surface area contributed by atoms with Gasteiger partial charge < -0.3 is 20.7 Å². The fourth-order valence-corrected chi connectivity index (χ4v) is 1.53. The van der Waals surface area contributed by atoms with Gasteiger partial charge in [0, 0.05) is 25.2 Å². The summed E-state index contributed by atoms with van der Waals surface area (Å²) in [5.41, 5.74) is -0.154. The zero-order valence-electron chi connectivity index (χ0n) is 13.0. The monoisotopic (exact) mass is 311 g/mol. The van der Waals surface area contributed by atoms with Gasteiger partial charge in [0.15, 0.2) is 0 Å². The van der Waals surface area contributed by atoms with Gasteiger partial charge in [-0.05, 0) is 26.8 Å². The Hall–Kier alpha value is -2.31. The zero-order chi connectivity index (χ0) is 16.6. The van der Waals surface area contributed by atoms with Gasteiger partial charge in [-0.25, -0.2) is 14.0 Å². The molecule has 22 heavy (non-hydrogen) atoms. The van der Waals surface area contributed by atoms with Gasteiger partial charge >= 0.3 is 12.1 Å². The minimum atomic E-state index is -0.561. The van der Waals surface area contributed by atoms with Gasteiger partial charge in [0.2, 0.25) is 0 Å². The number of alkyl carbamates (subject to hydrolysis) is 1. The maximum absolute atomic E-state index is 13.3. The highest BCUT2D eigenvalue weighted by molar-refractivity contribution is 5.74. The lowest BCUT2D eigenvalue weighted by Crippen LogP contribution is -2.41. The Kier molecular flexibility index (Phi) is 6.62. The zero-order valence-corrected chi connectivity index (χ0v) is 13.0. The first-order chi connectivity index (χ1) is 10.3. The molecular formula is C15H22FN3O3. The van der Waals surface area contributed by atoms with E-state index in [9.17, 15) is 14.0 Å². The number of carbonyl (C=O) groups excluding carboxylic acids is 2. The SMILES string of the molecule is CC(C)(C)OC(=O)NCCNC(=O)NCc1ccccc1F. The molecule has 0 saturated carbocycles. The molecule has 6 nitrogen and oxygen atoms in total. The van der Waals surface area contributed by atoms with Crippen molar-refractivity contribution in [2.45, 2.75) is 32.9 Å². The Morgan fingerprint density at radius 1 is 1.09 bits per heavy atom. The molecule has 3 amide bonds. The molecular weight excluding hydrogens is 289 g/mol. The molecule has 0 radical (unpaired) electrons. The van der Waals surface area contributed by atoms with Gasteiger partial charge in [-0.1, -0.05) is 18.2 Å². The van der Waals surface area contributed by atoms with E-state index in [4.69, 9.17) is 4.74 Å². The number of rotatable bonds is 5. The lowest BCUT2D eigenvalue weighted by molar-refractivity contribution is 0.0528. The first-order valence-electron chi connectivity index (χ1n) is 7.00. The van der Waals surface area contributed by atoms with Crippen molar-refractivity contribution in [3.63, 3.8) is 0 Å². The van der Waals surface area contributed by atoms with Gasteiger partial charge in [-0.2, -0.15) is 0 Å². The second-order valence-corrected chi connectivity index (χ2v) is 5.63. The minimum absolute atomic E-state index is 0.0952. The van der Waals surface area contributed by atoms with Crippen LogP contribution in [0.1, 0.15) is 26.3 Å². The van der Waals surface area contributed by atoms with E-state index >= 15 is 0 Å². The van der Waals surface area contributed by atoms with Crippen LogP contribution in [0, 0.1) is 5.82 Å². The Bertz CT molecular complexity index is 515. The highest BCUT2D eigenvalue weighted by Gasteiger charge is 2.15. The lowest BCUT2D eigenvalue weighted by Gasteiger charge is -2.19. The highest BCUT2D eigenvalue weighted by atomic mass is 19.1. The molecule has 0 spiro atoms. The average molecular weight is 311 g/mol. The van der Waals surface area contributed by atoms with Gasteiger partial charge in [-0.3, -0.25) is 0 Å². The Morgan fingerprint density at radius 2 is 1.73 bits per heavy atom. The second-order valence-electron chi connectivity index (χ2n) is 5.63. The van der Waals surface area contributed by atoms with Gasteiger partial charge in [0.05, 0.1) is 0 Å². The molecule has 0 atom stereocenters. The minimum Gasteiger partial charge on any atom is -0.444 e. The van der Waals surface area contributed by atoms with Crippen LogP contribution >= 0.6 is 0 Å². The smallest absolute Gasteiger partial charge is 0.407 e. The van der Waals surface area contributed by atoms with Crippen LogP contribution in [0.5, 0.6) is 0 Å². The number of urea groups is 1. The number of hydrogen-bond acceptors (Lipinski definition) is 3. The number of nitrogens with one attached hydrogen (secondary N) is 3. The number of ether oxygens (including phenoxy) is 1. The van der Waals surface area contributed by atoms with Crippen LogP contribution in [0.2, 0.25) is 0 Å². The molecule has 1 rings (SSSR count). The van der Waals surface area contributed by atoms with E-state index in [1.165, 1.54) is 6.07 Å². The number of halogens is 1. The molecule has 1 aromatic rings. The summed E-state index contributed by atoms with van der Waals surface area (Å²) in [6.45, 7) is 5.87. The van der Waals surface area contributed by atoms with Crippen molar-refractivity contribution in [1.82, 2.24) is 16.0 Å². The van der Waals surface area contributed by atoms with Crippen molar-refractivity contribution < 1.29 is 18.7 Å². The number of benzene rings is 1. The lowest BCUT2D eigenvalue weighted by atomic mass is 10.2. The molecule has 122 valence electrons. The quantitative estimate of drug-likeness (QED) is 0.729. The molecule has 0 heterocycles. The van der Waals surface area contributed by atoms with Crippen molar-refractivity contribution in [2.24, 2.45) is 0 Å². The molecule has 3 N–H and O–H groups in total. The molecule has 0 aliphatic carbocycles. The predicted octanol–water partition coefficient (Wildman–Crippen LogP) is 2.15. The van der Waals surface area contributed by atoms with E-state index in [0.29, 0.717) is 5.56 Å². The Morgan fingerprint density at radius 3 is 2.36 bits per heavy atom. The number of carbonyl (C=O) groups is 2. The predicted molar refractivity (Wildman–Crippen MR) is 80.9 cm³/mol. The van der Waals surface area contributed by atoms with Gasteiger partial charge in [0.1, 0.15) is 11.4 Å². The first kappa shape index (κ1) is 17.7. The van der Waals surface area contributed by atoms with Crippen LogP contribution in [0.25, 0.3) is 0 Å². The summed E-state index contributed by atoms with van der Waals surface area (Å²) < 4.78 is 18.4. The van der Waals surface area contributed by atoms with Gasteiger partial charge in [0.25, 0.3) is 0 Å². The summed E-state index contributed by atoms with van der Waals surface area (Å²) in [7, 11) is 0. The summed E-state index contributed by atoms with van der Waals surface area (Å²) in [5, 5.41) is 7.59. The Balaban J connectivity index is 2.16. The normalized spacial score (nSPS) is 10.7. The third kappa shape index (κ3) is 7.47. The van der Waals surface area contributed by atoms with Crippen molar-refractivity contribution in [1.29, 1.82) is 0 Å². The third-order valence-corrected chi connectivity index (χ3v) is 2.48. The van der Waals surface area contributed by atoms with Crippen molar-refractivity contribution in [3.8, 4) is 0 Å². The van der Waals surface area contributed by atoms with E-state index in [1.54, 1.807) is 39.0 Å². The number of amides is 3. The van der Waals surface area contributed by atoms with E-state index < -0.39 is 17.7 Å². The average Bonchev–Trinajstić information content (AvgIpc) is 2.41. The molecule has 1 aromatic carbocycles. The first-order valence-corrected chi connectivity index (χ1v) is 7.00. The van der Waals surface area contributed by atoms with Crippen LogP contribution in [0.3, 0.4) is 0 Å². The molecule has 0 aliphatic rings. The fraction of sp³-hybridized carbons (Fsp3) is 0.467. The molecule has 0 saturated heterocycles. The third-order valence-electron chi connectivity index (χ3n) is 2.48. The Labute approximate surface area is 129 Å². The summed E-state index contributed by atoms with van der Waals surface area (Å²) in [6, 6.07) is 5.78. The van der Waals surface area contributed by atoms with Crippen LogP contribution in [0.4, 0.5) is 14.0 Å². The summed E-state index contributed by atoms with van der Waals surface area (Å²) >= 11 is 0. The molecule has 0 aromatic heterocycles. The second kappa shape index (κ2) is 8.21. The van der Waals surface area contributed by atoms with E-state index in [1.807, 2.05) is 0 Å². The molecule has 7 heteroatoms. The van der Waals surface area contributed by atoms with Crippen LogP contribution < -0.4 is 16.0 Å². The standard InChI is InChI=1S/C15H22FN3O3/c1-15(2,3)22-14(21)18-9-8-17-13(20)19-10-11-6-4-5-7-12(11)16/h4-7H,8-10H2,1-3H3,(H,18,21)(H2,17,19,20). The molecule has 0 fully saturated rings. The van der Waals surface area contributed by atoms with Crippen molar-refractivity contribution in [2.75, 3.05) is 13.1 Å². The highest BCUT2D eigenvalue weighted by Crippen LogP contribution is 2.06. The summed E-state index contributed by atoms with van der Waals surface area (Å²) in [5.74, 6) is -0.366. The topological polar surface area (TPSA) is 79.5 Å². The molecule has 0 unspecified atom stereocenters. The van der Waals surface area contributed by atoms with E-state index in [0.717, 1.165) is 0 Å². The van der Waals surface area contributed by atoms with E-state index in [-0.39, 0.29) is 25.5 Å². The van der Waals surface area contributed by atoms with E-state index in [2.05, 4.69) is 16.0 Å². The van der Waals surface area contributed by atoms with Crippen LogP contribution in [-0.4, -0.2) is 30.8 Å². The van der Waals surface area contributed by atoms with Crippen LogP contribution in [0.15, 0.2) is 24.3 Å². The largest absolute Gasteiger partial charge is 0.444 e. The summed E-state index contributed by atoms with van der Waals surface area (Å²) in [4.78, 5) is 22.9. The fourth-order valence-electron chi connectivity index (χ4n) is 1.53. The van der Waals surface area contributed by atoms with Crippen LogP contribution in [-0.2, 0) is 11.3 Å². The van der Waals surface area contributed by atoms with Gasteiger partial charge in [-0.15, -0.1) is 0 Å². The van der Waals surface area contributed by atoms with Crippen molar-refractivity contribution in [3.05, 3.63) is 35.6 Å². The number of hydrogen-bond donors (Lipinski definition) is 3.